The van der Waals surface area contributed by atoms with Crippen molar-refractivity contribution < 1.29 is 37.1 Å². The highest BCUT2D eigenvalue weighted by molar-refractivity contribution is 7.91. The number of ether oxygens (including phenoxy) is 2. The zero-order chi connectivity index (χ0) is 43.1. The summed E-state index contributed by atoms with van der Waals surface area (Å²) in [6, 6.07) is 4.56. The molecular formula is C45H58N6O8S2. The third-order valence-electron chi connectivity index (χ3n) is 13.1. The molecule has 0 radical (unpaired) electrons. The van der Waals surface area contributed by atoms with Crippen molar-refractivity contribution in [2.45, 2.75) is 133 Å². The van der Waals surface area contributed by atoms with Crippen LogP contribution >= 0.6 is 11.3 Å². The van der Waals surface area contributed by atoms with Crippen molar-refractivity contribution in [2.75, 3.05) is 26.7 Å². The lowest BCUT2D eigenvalue weighted by atomic mass is 9.94. The summed E-state index contributed by atoms with van der Waals surface area (Å²) in [5.74, 6) is -1.32. The van der Waals surface area contributed by atoms with Crippen LogP contribution in [0, 0.1) is 18.8 Å². The van der Waals surface area contributed by atoms with Crippen molar-refractivity contribution in [2.24, 2.45) is 11.8 Å². The Hall–Kier alpha value is -4.57. The Morgan fingerprint density at radius 3 is 2.52 bits per heavy atom. The van der Waals surface area contributed by atoms with E-state index in [9.17, 15) is 27.6 Å². The number of rotatable bonds is 10. The van der Waals surface area contributed by atoms with Gasteiger partial charge >= 0.3 is 0 Å². The third kappa shape index (κ3) is 9.16. The lowest BCUT2D eigenvalue weighted by Crippen LogP contribution is -2.57. The predicted molar refractivity (Wildman–Crippen MR) is 233 cm³/mol. The number of aryl methyl sites for hydroxylation is 1. The van der Waals surface area contributed by atoms with Crippen LogP contribution in [-0.4, -0.2) is 101 Å². The topological polar surface area (TPSA) is 177 Å². The highest BCUT2D eigenvalue weighted by atomic mass is 32.2. The summed E-state index contributed by atoms with van der Waals surface area (Å²) in [4.78, 5) is 70.6. The Bertz CT molecular complexity index is 2320. The molecule has 14 nitrogen and oxygen atoms in total. The molecule has 5 heterocycles. The summed E-state index contributed by atoms with van der Waals surface area (Å²) in [7, 11) is -2.28. The van der Waals surface area contributed by atoms with E-state index in [2.05, 4.69) is 23.9 Å². The molecule has 3 aromatic rings. The van der Waals surface area contributed by atoms with Crippen molar-refractivity contribution in [1.82, 2.24) is 29.8 Å². The van der Waals surface area contributed by atoms with Crippen molar-refractivity contribution in [3.05, 3.63) is 47.0 Å². The van der Waals surface area contributed by atoms with E-state index in [0.717, 1.165) is 66.6 Å². The molecule has 2 N–H and O–H groups in total. The van der Waals surface area contributed by atoms with Gasteiger partial charge in [0.15, 0.2) is 0 Å². The summed E-state index contributed by atoms with van der Waals surface area (Å²) in [5, 5.41) is 5.84. The number of amides is 4. The summed E-state index contributed by atoms with van der Waals surface area (Å²) in [5.41, 5.74) is 1.59. The fourth-order valence-corrected chi connectivity index (χ4v) is 11.4. The molecule has 5 atom stereocenters. The van der Waals surface area contributed by atoms with Gasteiger partial charge in [-0.05, 0) is 82.8 Å². The Morgan fingerprint density at radius 1 is 1.03 bits per heavy atom. The molecule has 4 amide bonds. The highest BCUT2D eigenvalue weighted by Crippen LogP contribution is 2.46. The molecule has 2 aliphatic carbocycles. The fourth-order valence-electron chi connectivity index (χ4n) is 9.12. The standard InChI is InChI=1S/C45H58N6O8S2/c1-27(2)35-26-60-42(47-35)34-23-38(33-17-18-37(58-4)28(3)40(33)46-34)59-31-22-36-41(53)48-45(44(55)49-61(56,57)32-15-16-32)24-30(45)14-10-7-5-6-9-13-29(43(54)51(36)25-31)21-39(52)50-19-11-8-12-20-50/h10,14,17-18,23,26-27,29-32,36H,5-9,11-13,15-16,19-22,24-25H2,1-4H3,(H,48,53)(H,49,55)/t29-,30?,31-,36+,45-/m1/s1. The second kappa shape index (κ2) is 17.7. The number of likely N-dealkylation sites (tertiary alicyclic amines) is 1. The minimum absolute atomic E-state index is 0.0498. The van der Waals surface area contributed by atoms with E-state index in [0.29, 0.717) is 55.1 Å². The van der Waals surface area contributed by atoms with Gasteiger partial charge in [0, 0.05) is 60.2 Å². The van der Waals surface area contributed by atoms with E-state index in [1.807, 2.05) is 47.6 Å². The number of nitrogens with zero attached hydrogens (tertiary/aromatic N) is 4. The van der Waals surface area contributed by atoms with Crippen LogP contribution in [0.4, 0.5) is 0 Å². The number of benzene rings is 1. The molecule has 0 bridgehead atoms. The van der Waals surface area contributed by atoms with Crippen molar-refractivity contribution in [1.29, 1.82) is 0 Å². The summed E-state index contributed by atoms with van der Waals surface area (Å²) in [6.45, 7) is 7.52. The normalized spacial score (nSPS) is 26.2. The molecule has 0 spiro atoms. The van der Waals surface area contributed by atoms with E-state index in [4.69, 9.17) is 19.4 Å². The summed E-state index contributed by atoms with van der Waals surface area (Å²) < 4.78 is 40.8. The van der Waals surface area contributed by atoms with Crippen LogP contribution < -0.4 is 19.5 Å². The monoisotopic (exact) mass is 874 g/mol. The molecule has 3 aliphatic heterocycles. The molecule has 8 rings (SSSR count). The number of pyridine rings is 1. The molecule has 1 aromatic carbocycles. The molecular weight excluding hydrogens is 817 g/mol. The minimum Gasteiger partial charge on any atom is -0.496 e. The Morgan fingerprint density at radius 2 is 1.80 bits per heavy atom. The largest absolute Gasteiger partial charge is 0.496 e. The first kappa shape index (κ1) is 43.1. The number of carbonyl (C=O) groups is 4. The number of methoxy groups -OCH3 is 1. The van der Waals surface area contributed by atoms with E-state index in [1.165, 1.54) is 11.3 Å². The number of piperidine rings is 1. The molecule has 2 saturated carbocycles. The first-order valence-corrected chi connectivity index (χ1v) is 24.4. The number of sulfonamides is 1. The van der Waals surface area contributed by atoms with E-state index >= 15 is 0 Å². The first-order valence-electron chi connectivity index (χ1n) is 22.0. The molecule has 4 fully saturated rings. The quantitative estimate of drug-likeness (QED) is 0.224. The Balaban J connectivity index is 1.14. The van der Waals surface area contributed by atoms with Gasteiger partial charge in [-0.1, -0.05) is 38.8 Å². The van der Waals surface area contributed by atoms with Gasteiger partial charge in [-0.3, -0.25) is 23.9 Å². The maximum atomic E-state index is 14.9. The lowest BCUT2D eigenvalue weighted by molar-refractivity contribution is -0.145. The van der Waals surface area contributed by atoms with Gasteiger partial charge in [0.05, 0.1) is 30.1 Å². The smallest absolute Gasteiger partial charge is 0.259 e. The fraction of sp³-hybridized carbons (Fsp3) is 0.600. The molecule has 5 aliphatic rings. The SMILES string of the molecule is COc1ccc2c(O[C@@H]3C[C@H]4C(=O)N[C@]5(C(=O)NS(=O)(=O)C6CC6)CC5C=CCCCCC[C@H](CC(=O)N5CCCCC5)C(=O)N4C3)cc(-c3nc(C(C)C)cs3)nc2c1C. The van der Waals surface area contributed by atoms with Crippen LogP contribution in [0.1, 0.15) is 114 Å². The number of thiazole rings is 1. The van der Waals surface area contributed by atoms with Crippen LogP contribution in [0.2, 0.25) is 0 Å². The number of carbonyl (C=O) groups excluding carboxylic acids is 4. The second-order valence-corrected chi connectivity index (χ2v) is 20.7. The van der Waals surface area contributed by atoms with Crippen LogP contribution in [0.3, 0.4) is 0 Å². The average Bonchev–Trinajstić information content (AvgIpc) is 4.12. The number of hydrogen-bond acceptors (Lipinski definition) is 11. The molecule has 61 heavy (non-hydrogen) atoms. The average molecular weight is 875 g/mol. The van der Waals surface area contributed by atoms with Crippen LogP contribution in [0.15, 0.2) is 35.7 Å². The molecule has 1 unspecified atom stereocenters. The van der Waals surface area contributed by atoms with E-state index < -0.39 is 56.6 Å². The first-order chi connectivity index (χ1) is 29.3. The van der Waals surface area contributed by atoms with Gasteiger partial charge in [-0.2, -0.15) is 0 Å². The van der Waals surface area contributed by atoms with E-state index in [1.54, 1.807) is 12.0 Å². The zero-order valence-electron chi connectivity index (χ0n) is 35.6. The zero-order valence-corrected chi connectivity index (χ0v) is 37.2. The van der Waals surface area contributed by atoms with Gasteiger partial charge in [-0.15, -0.1) is 11.3 Å². The van der Waals surface area contributed by atoms with Crippen LogP contribution in [0.5, 0.6) is 11.5 Å². The molecule has 16 heteroatoms. The van der Waals surface area contributed by atoms with Gasteiger partial charge in [0.2, 0.25) is 27.7 Å². The number of fused-ring (bicyclic) bond motifs is 3. The minimum atomic E-state index is -3.89. The van der Waals surface area contributed by atoms with E-state index in [-0.39, 0.29) is 43.5 Å². The molecule has 328 valence electrons. The van der Waals surface area contributed by atoms with Gasteiger partial charge in [-0.25, -0.2) is 18.4 Å². The predicted octanol–water partition coefficient (Wildman–Crippen LogP) is 6.17. The highest BCUT2D eigenvalue weighted by Gasteiger charge is 2.62. The maximum absolute atomic E-state index is 14.9. The van der Waals surface area contributed by atoms with Crippen LogP contribution in [-0.2, 0) is 29.2 Å². The number of aromatic nitrogens is 2. The number of allylic oxidation sites excluding steroid dienone is 1. The van der Waals surface area contributed by atoms with Crippen LogP contribution in [0.25, 0.3) is 21.6 Å². The van der Waals surface area contributed by atoms with Gasteiger partial charge in [0.1, 0.15) is 39.9 Å². The number of hydrogen-bond donors (Lipinski definition) is 2. The maximum Gasteiger partial charge on any atom is 0.259 e. The van der Waals surface area contributed by atoms with Crippen molar-refractivity contribution >= 4 is 55.9 Å². The number of nitrogens with one attached hydrogen (secondary N) is 2. The van der Waals surface area contributed by atoms with Crippen molar-refractivity contribution in [3.8, 4) is 22.2 Å². The molecule has 2 aromatic heterocycles. The third-order valence-corrected chi connectivity index (χ3v) is 15.8. The second-order valence-electron chi connectivity index (χ2n) is 17.9. The lowest BCUT2D eigenvalue weighted by Gasteiger charge is -2.31. The summed E-state index contributed by atoms with van der Waals surface area (Å²) in [6.07, 6.45) is 11.2. The van der Waals surface area contributed by atoms with Crippen molar-refractivity contribution in [3.63, 3.8) is 0 Å². The van der Waals surface area contributed by atoms with Gasteiger partial charge in [0.25, 0.3) is 5.91 Å². The van der Waals surface area contributed by atoms with Gasteiger partial charge < -0.3 is 24.6 Å². The molecule has 2 saturated heterocycles. The Kier molecular flexibility index (Phi) is 12.5. The summed E-state index contributed by atoms with van der Waals surface area (Å²) >= 11 is 1.50. The Labute approximate surface area is 362 Å².